The Bertz CT molecular complexity index is 566. The first kappa shape index (κ1) is 14.4. The first-order valence-corrected chi connectivity index (χ1v) is 6.56. The van der Waals surface area contributed by atoms with E-state index in [-0.39, 0.29) is 6.04 Å². The van der Waals surface area contributed by atoms with E-state index in [4.69, 9.17) is 9.47 Å². The molecule has 5 nitrogen and oxygen atoms in total. The predicted molar refractivity (Wildman–Crippen MR) is 78.0 cm³/mol. The summed E-state index contributed by atoms with van der Waals surface area (Å²) < 4.78 is 12.6. The van der Waals surface area contributed by atoms with Gasteiger partial charge in [0.15, 0.2) is 11.5 Å². The number of rotatable bonds is 6. The Morgan fingerprint density at radius 1 is 1.25 bits per heavy atom. The molecule has 0 aliphatic heterocycles. The van der Waals surface area contributed by atoms with E-state index in [1.165, 1.54) is 0 Å². The Labute approximate surface area is 119 Å². The van der Waals surface area contributed by atoms with Crippen LogP contribution >= 0.6 is 0 Å². The van der Waals surface area contributed by atoms with Crippen LogP contribution in [-0.4, -0.2) is 23.8 Å². The van der Waals surface area contributed by atoms with Gasteiger partial charge in [0.25, 0.3) is 0 Å². The molecule has 1 aromatic carbocycles. The summed E-state index contributed by atoms with van der Waals surface area (Å²) in [6.45, 7) is 2.89. The summed E-state index contributed by atoms with van der Waals surface area (Å²) in [5, 5.41) is 3.47. The van der Waals surface area contributed by atoms with Gasteiger partial charge < -0.3 is 19.4 Å². The number of aromatic nitrogens is 2. The zero-order chi connectivity index (χ0) is 14.5. The predicted octanol–water partition coefficient (Wildman–Crippen LogP) is 2.29. The van der Waals surface area contributed by atoms with Gasteiger partial charge >= 0.3 is 0 Å². The third-order valence-electron chi connectivity index (χ3n) is 3.41. The van der Waals surface area contributed by atoms with Gasteiger partial charge in [-0.3, -0.25) is 0 Å². The zero-order valence-electron chi connectivity index (χ0n) is 12.4. The van der Waals surface area contributed by atoms with Crippen LogP contribution in [0.4, 0.5) is 0 Å². The van der Waals surface area contributed by atoms with E-state index in [1.807, 2.05) is 36.0 Å². The van der Waals surface area contributed by atoms with Crippen molar-refractivity contribution in [2.45, 2.75) is 19.5 Å². The average molecular weight is 275 g/mol. The number of ether oxygens (including phenoxy) is 2. The van der Waals surface area contributed by atoms with Gasteiger partial charge in [-0.1, -0.05) is 6.07 Å². The first-order valence-electron chi connectivity index (χ1n) is 6.56. The third kappa shape index (κ3) is 3.11. The van der Waals surface area contributed by atoms with E-state index in [1.54, 1.807) is 20.5 Å². The normalized spacial score (nSPS) is 12.2. The molecule has 0 saturated carbocycles. The van der Waals surface area contributed by atoms with Crippen LogP contribution in [0, 0.1) is 0 Å². The molecule has 1 atom stereocenters. The zero-order valence-corrected chi connectivity index (χ0v) is 12.4. The maximum absolute atomic E-state index is 5.33. The van der Waals surface area contributed by atoms with Crippen molar-refractivity contribution in [1.29, 1.82) is 0 Å². The second kappa shape index (κ2) is 6.43. The molecule has 0 amide bonds. The number of aryl methyl sites for hydroxylation is 1. The van der Waals surface area contributed by atoms with Crippen molar-refractivity contribution < 1.29 is 9.47 Å². The lowest BCUT2D eigenvalue weighted by Gasteiger charge is -2.16. The van der Waals surface area contributed by atoms with Crippen LogP contribution in [0.2, 0.25) is 0 Å². The number of methoxy groups -OCH3 is 2. The summed E-state index contributed by atoms with van der Waals surface area (Å²) in [5.74, 6) is 1.49. The molecule has 2 aromatic rings. The van der Waals surface area contributed by atoms with E-state index in [2.05, 4.69) is 17.2 Å². The molecular formula is C15H21N3O2. The second-order valence-corrected chi connectivity index (χ2v) is 4.71. The highest BCUT2D eigenvalue weighted by Gasteiger charge is 2.10. The molecule has 5 heteroatoms. The van der Waals surface area contributed by atoms with Crippen LogP contribution in [0.3, 0.4) is 0 Å². The number of benzene rings is 1. The van der Waals surface area contributed by atoms with Crippen molar-refractivity contribution >= 4 is 0 Å². The number of hydrogen-bond acceptors (Lipinski definition) is 4. The fourth-order valence-electron chi connectivity index (χ4n) is 2.05. The summed E-state index contributed by atoms with van der Waals surface area (Å²) in [4.78, 5) is 4.11. The molecule has 0 spiro atoms. The van der Waals surface area contributed by atoms with Crippen molar-refractivity contribution in [3.63, 3.8) is 0 Å². The van der Waals surface area contributed by atoms with Crippen LogP contribution in [0.5, 0.6) is 11.5 Å². The van der Waals surface area contributed by atoms with E-state index in [9.17, 15) is 0 Å². The van der Waals surface area contributed by atoms with Crippen molar-refractivity contribution in [2.75, 3.05) is 14.2 Å². The van der Waals surface area contributed by atoms with Gasteiger partial charge in [0.2, 0.25) is 0 Å². The van der Waals surface area contributed by atoms with E-state index in [0.29, 0.717) is 0 Å². The molecule has 0 bridgehead atoms. The molecule has 1 unspecified atom stereocenters. The summed E-state index contributed by atoms with van der Waals surface area (Å²) >= 11 is 0. The second-order valence-electron chi connectivity index (χ2n) is 4.71. The SMILES string of the molecule is COc1ccc(C(C)NCc2cncn2C)cc1OC. The van der Waals surface area contributed by atoms with Gasteiger partial charge in [0, 0.05) is 25.8 Å². The lowest BCUT2D eigenvalue weighted by atomic mass is 10.1. The quantitative estimate of drug-likeness (QED) is 0.878. The minimum Gasteiger partial charge on any atom is -0.493 e. The number of nitrogens with one attached hydrogen (secondary N) is 1. The molecule has 20 heavy (non-hydrogen) atoms. The number of imidazole rings is 1. The van der Waals surface area contributed by atoms with Gasteiger partial charge in [0.05, 0.1) is 26.2 Å². The maximum atomic E-state index is 5.33. The van der Waals surface area contributed by atoms with Crippen LogP contribution in [0.1, 0.15) is 24.2 Å². The molecule has 108 valence electrons. The molecule has 1 N–H and O–H groups in total. The molecular weight excluding hydrogens is 254 g/mol. The highest BCUT2D eigenvalue weighted by Crippen LogP contribution is 2.29. The maximum Gasteiger partial charge on any atom is 0.161 e. The fourth-order valence-corrected chi connectivity index (χ4v) is 2.05. The summed E-state index contributed by atoms with van der Waals surface area (Å²) in [6.07, 6.45) is 3.67. The van der Waals surface area contributed by atoms with Gasteiger partial charge in [-0.05, 0) is 24.6 Å². The lowest BCUT2D eigenvalue weighted by Crippen LogP contribution is -2.19. The largest absolute Gasteiger partial charge is 0.493 e. The van der Waals surface area contributed by atoms with E-state index < -0.39 is 0 Å². The number of hydrogen-bond donors (Lipinski definition) is 1. The Morgan fingerprint density at radius 3 is 2.60 bits per heavy atom. The van der Waals surface area contributed by atoms with Crippen LogP contribution in [-0.2, 0) is 13.6 Å². The fraction of sp³-hybridized carbons (Fsp3) is 0.400. The minimum absolute atomic E-state index is 0.213. The standard InChI is InChI=1S/C15H21N3O2/c1-11(17-9-13-8-16-10-18(13)2)12-5-6-14(19-3)15(7-12)20-4/h5-8,10-11,17H,9H2,1-4H3. The molecule has 0 fully saturated rings. The van der Waals surface area contributed by atoms with E-state index in [0.717, 1.165) is 29.3 Å². The topological polar surface area (TPSA) is 48.3 Å². The molecule has 1 aromatic heterocycles. The van der Waals surface area contributed by atoms with Gasteiger partial charge in [-0.2, -0.15) is 0 Å². The van der Waals surface area contributed by atoms with E-state index >= 15 is 0 Å². The van der Waals surface area contributed by atoms with Gasteiger partial charge in [-0.25, -0.2) is 4.98 Å². The molecule has 1 heterocycles. The minimum atomic E-state index is 0.213. The first-order chi connectivity index (χ1) is 9.65. The van der Waals surface area contributed by atoms with Crippen LogP contribution in [0.15, 0.2) is 30.7 Å². The summed E-state index contributed by atoms with van der Waals surface area (Å²) in [6, 6.07) is 6.18. The Kier molecular flexibility index (Phi) is 4.63. The highest BCUT2D eigenvalue weighted by molar-refractivity contribution is 5.43. The van der Waals surface area contributed by atoms with Gasteiger partial charge in [-0.15, -0.1) is 0 Å². The highest BCUT2D eigenvalue weighted by atomic mass is 16.5. The Morgan fingerprint density at radius 2 is 2.00 bits per heavy atom. The third-order valence-corrected chi connectivity index (χ3v) is 3.41. The smallest absolute Gasteiger partial charge is 0.161 e. The summed E-state index contributed by atoms with van der Waals surface area (Å²) in [5.41, 5.74) is 2.31. The number of nitrogens with zero attached hydrogens (tertiary/aromatic N) is 2. The molecule has 2 rings (SSSR count). The van der Waals surface area contributed by atoms with Crippen molar-refractivity contribution in [1.82, 2.24) is 14.9 Å². The van der Waals surface area contributed by atoms with Crippen molar-refractivity contribution in [3.8, 4) is 11.5 Å². The Hall–Kier alpha value is -2.01. The van der Waals surface area contributed by atoms with Crippen LogP contribution < -0.4 is 14.8 Å². The molecule has 0 aliphatic rings. The lowest BCUT2D eigenvalue weighted by molar-refractivity contribution is 0.354. The molecule has 0 aliphatic carbocycles. The molecule has 0 saturated heterocycles. The van der Waals surface area contributed by atoms with Crippen molar-refractivity contribution in [2.24, 2.45) is 7.05 Å². The average Bonchev–Trinajstić information content (AvgIpc) is 2.89. The van der Waals surface area contributed by atoms with Gasteiger partial charge in [0.1, 0.15) is 0 Å². The van der Waals surface area contributed by atoms with Crippen molar-refractivity contribution in [3.05, 3.63) is 42.0 Å². The Balaban J connectivity index is 2.05. The van der Waals surface area contributed by atoms with Crippen LogP contribution in [0.25, 0.3) is 0 Å². The summed E-state index contributed by atoms with van der Waals surface area (Å²) in [7, 11) is 5.28. The monoisotopic (exact) mass is 275 g/mol. The molecule has 0 radical (unpaired) electrons.